The molecule has 1 atom stereocenters. The summed E-state index contributed by atoms with van der Waals surface area (Å²) in [5, 5.41) is 9.93. The maximum absolute atomic E-state index is 12.7. The molecule has 21 heavy (non-hydrogen) atoms. The third kappa shape index (κ3) is 2.67. The Hall–Kier alpha value is -1.48. The summed E-state index contributed by atoms with van der Waals surface area (Å²) in [6, 6.07) is 4.94. The number of carbonyl (C=O) groups excluding carboxylic acids is 1. The van der Waals surface area contributed by atoms with Gasteiger partial charge in [-0.2, -0.15) is 5.26 Å². The molecule has 0 N–H and O–H groups in total. The van der Waals surface area contributed by atoms with Crippen LogP contribution in [0.3, 0.4) is 0 Å². The molecule has 3 rings (SSSR count). The van der Waals surface area contributed by atoms with Crippen LogP contribution in [-0.2, 0) is 4.79 Å². The summed E-state index contributed by atoms with van der Waals surface area (Å²) in [6.45, 7) is 3.31. The summed E-state index contributed by atoms with van der Waals surface area (Å²) in [6.07, 6.45) is 2.13. The van der Waals surface area contributed by atoms with Crippen LogP contribution in [0.25, 0.3) is 0 Å². The van der Waals surface area contributed by atoms with E-state index in [1.165, 1.54) is 0 Å². The van der Waals surface area contributed by atoms with Gasteiger partial charge in [0.05, 0.1) is 16.6 Å². The zero-order valence-electron chi connectivity index (χ0n) is 11.3. The van der Waals surface area contributed by atoms with Crippen molar-refractivity contribution in [1.82, 2.24) is 9.80 Å². The van der Waals surface area contributed by atoms with Crippen LogP contribution in [-0.4, -0.2) is 54.5 Å². The zero-order valence-corrected chi connectivity index (χ0v) is 12.8. The van der Waals surface area contributed by atoms with Crippen molar-refractivity contribution in [1.29, 1.82) is 5.26 Å². The second-order valence-electron chi connectivity index (χ2n) is 5.19. The topological polar surface area (TPSA) is 50.6 Å². The molecule has 110 valence electrons. The number of hydrogen-bond acceptors (Lipinski definition) is 4. The minimum atomic E-state index is -0.262. The lowest BCUT2D eigenvalue weighted by Crippen LogP contribution is -2.64. The van der Waals surface area contributed by atoms with E-state index in [4.69, 9.17) is 28.5 Å². The molecule has 0 saturated carbocycles. The molecular formula is C14H14Cl2N4O. The summed E-state index contributed by atoms with van der Waals surface area (Å²) in [7, 11) is 0. The normalized spacial score (nSPS) is 22.9. The molecule has 0 radical (unpaired) electrons. The average molecular weight is 325 g/mol. The summed E-state index contributed by atoms with van der Waals surface area (Å²) < 4.78 is 0. The molecule has 1 aromatic rings. The van der Waals surface area contributed by atoms with Crippen molar-refractivity contribution in [3.05, 3.63) is 28.2 Å². The van der Waals surface area contributed by atoms with Crippen LogP contribution >= 0.6 is 23.2 Å². The SMILES string of the molecule is N#CN1CCN2CCN(c3ccc(Cl)c(Cl)c3)C(=O)[C@H]2C1. The van der Waals surface area contributed by atoms with E-state index in [2.05, 4.69) is 11.1 Å². The van der Waals surface area contributed by atoms with E-state index in [9.17, 15) is 4.79 Å². The number of nitrogens with zero attached hydrogens (tertiary/aromatic N) is 4. The Morgan fingerprint density at radius 3 is 2.62 bits per heavy atom. The van der Waals surface area contributed by atoms with Crippen molar-refractivity contribution >= 4 is 34.8 Å². The highest BCUT2D eigenvalue weighted by Crippen LogP contribution is 2.29. The minimum absolute atomic E-state index is 0.0135. The number of nitriles is 1. The number of carbonyl (C=O) groups is 1. The highest BCUT2D eigenvalue weighted by Gasteiger charge is 2.39. The van der Waals surface area contributed by atoms with E-state index < -0.39 is 0 Å². The predicted octanol–water partition coefficient (Wildman–Crippen LogP) is 1.81. The molecule has 7 heteroatoms. The van der Waals surface area contributed by atoms with Gasteiger partial charge >= 0.3 is 0 Å². The number of halogens is 2. The van der Waals surface area contributed by atoms with Gasteiger partial charge in [-0.1, -0.05) is 23.2 Å². The second-order valence-corrected chi connectivity index (χ2v) is 6.00. The van der Waals surface area contributed by atoms with E-state index in [1.54, 1.807) is 28.0 Å². The number of hydrogen-bond donors (Lipinski definition) is 0. The van der Waals surface area contributed by atoms with Crippen molar-refractivity contribution in [2.45, 2.75) is 6.04 Å². The molecule has 2 aliphatic rings. The van der Waals surface area contributed by atoms with Gasteiger partial charge in [-0.25, -0.2) is 0 Å². The molecule has 0 aromatic heterocycles. The third-order valence-corrected chi connectivity index (χ3v) is 4.75. The van der Waals surface area contributed by atoms with E-state index in [0.29, 0.717) is 29.7 Å². The van der Waals surface area contributed by atoms with E-state index in [-0.39, 0.29) is 11.9 Å². The Labute approximate surface area is 133 Å². The van der Waals surface area contributed by atoms with Gasteiger partial charge in [0.25, 0.3) is 0 Å². The van der Waals surface area contributed by atoms with Gasteiger partial charge in [0, 0.05) is 31.9 Å². The van der Waals surface area contributed by atoms with Crippen molar-refractivity contribution in [3.63, 3.8) is 0 Å². The molecule has 2 aliphatic heterocycles. The van der Waals surface area contributed by atoms with Gasteiger partial charge in [-0.15, -0.1) is 0 Å². The monoisotopic (exact) mass is 324 g/mol. The summed E-state index contributed by atoms with van der Waals surface area (Å²) in [5.41, 5.74) is 0.753. The molecule has 1 aromatic carbocycles. The fourth-order valence-corrected chi connectivity index (χ4v) is 3.13. The highest BCUT2D eigenvalue weighted by molar-refractivity contribution is 6.42. The molecule has 2 heterocycles. The fraction of sp³-hybridized carbons (Fsp3) is 0.429. The Morgan fingerprint density at radius 2 is 1.90 bits per heavy atom. The van der Waals surface area contributed by atoms with E-state index in [0.717, 1.165) is 18.8 Å². The third-order valence-electron chi connectivity index (χ3n) is 4.01. The Kier molecular flexibility index (Phi) is 3.94. The lowest BCUT2D eigenvalue weighted by atomic mass is 10.1. The molecule has 1 amide bonds. The molecule has 5 nitrogen and oxygen atoms in total. The molecule has 0 bridgehead atoms. The number of piperazine rings is 2. The maximum Gasteiger partial charge on any atom is 0.246 e. The average Bonchev–Trinajstić information content (AvgIpc) is 2.50. The van der Waals surface area contributed by atoms with Gasteiger partial charge in [-0.05, 0) is 18.2 Å². The van der Waals surface area contributed by atoms with Gasteiger partial charge in [0.2, 0.25) is 5.91 Å². The molecular weight excluding hydrogens is 311 g/mol. The fourth-order valence-electron chi connectivity index (χ4n) is 2.84. The predicted molar refractivity (Wildman–Crippen MR) is 81.4 cm³/mol. The van der Waals surface area contributed by atoms with Crippen molar-refractivity contribution in [2.24, 2.45) is 0 Å². The quantitative estimate of drug-likeness (QED) is 0.739. The lowest BCUT2D eigenvalue weighted by molar-refractivity contribution is -0.127. The highest BCUT2D eigenvalue weighted by atomic mass is 35.5. The van der Waals surface area contributed by atoms with Crippen LogP contribution in [0.2, 0.25) is 10.0 Å². The second kappa shape index (κ2) is 5.72. The Morgan fingerprint density at radius 1 is 1.14 bits per heavy atom. The first-order valence-electron chi connectivity index (χ1n) is 6.75. The van der Waals surface area contributed by atoms with Crippen LogP contribution in [0.5, 0.6) is 0 Å². The Balaban J connectivity index is 1.83. The maximum atomic E-state index is 12.7. The van der Waals surface area contributed by atoms with Crippen molar-refractivity contribution in [3.8, 4) is 6.19 Å². The number of anilines is 1. The molecule has 2 fully saturated rings. The molecule has 2 saturated heterocycles. The van der Waals surface area contributed by atoms with Gasteiger partial charge in [0.1, 0.15) is 6.04 Å². The van der Waals surface area contributed by atoms with Crippen molar-refractivity contribution in [2.75, 3.05) is 37.6 Å². The molecule has 0 unspecified atom stereocenters. The summed E-state index contributed by atoms with van der Waals surface area (Å²) in [5.74, 6) is 0.0135. The van der Waals surface area contributed by atoms with Crippen LogP contribution in [0.15, 0.2) is 18.2 Å². The van der Waals surface area contributed by atoms with E-state index in [1.807, 2.05) is 0 Å². The van der Waals surface area contributed by atoms with Crippen LogP contribution in [0.1, 0.15) is 0 Å². The van der Waals surface area contributed by atoms with E-state index >= 15 is 0 Å². The molecule has 0 spiro atoms. The zero-order chi connectivity index (χ0) is 15.0. The van der Waals surface area contributed by atoms with Gasteiger partial charge in [-0.3, -0.25) is 9.69 Å². The first-order valence-corrected chi connectivity index (χ1v) is 7.51. The Bertz CT molecular complexity index is 615. The lowest BCUT2D eigenvalue weighted by Gasteiger charge is -2.45. The number of rotatable bonds is 1. The number of amides is 1. The van der Waals surface area contributed by atoms with Gasteiger partial charge < -0.3 is 9.80 Å². The first-order chi connectivity index (χ1) is 10.1. The standard InChI is InChI=1S/C14H14Cl2N4O/c15-11-2-1-10(7-12(11)16)20-6-5-19-4-3-18(9-17)8-13(19)14(20)21/h1-2,7,13H,3-6,8H2/t13-/m1/s1. The van der Waals surface area contributed by atoms with Crippen molar-refractivity contribution < 1.29 is 4.79 Å². The minimum Gasteiger partial charge on any atom is -0.310 e. The van der Waals surface area contributed by atoms with Crippen LogP contribution < -0.4 is 4.90 Å². The van der Waals surface area contributed by atoms with Crippen LogP contribution in [0.4, 0.5) is 5.69 Å². The molecule has 0 aliphatic carbocycles. The van der Waals surface area contributed by atoms with Crippen LogP contribution in [0, 0.1) is 11.5 Å². The number of benzene rings is 1. The smallest absolute Gasteiger partial charge is 0.246 e. The largest absolute Gasteiger partial charge is 0.310 e. The summed E-state index contributed by atoms with van der Waals surface area (Å²) >= 11 is 12.0. The first kappa shape index (κ1) is 14.5. The van der Waals surface area contributed by atoms with Gasteiger partial charge in [0.15, 0.2) is 6.19 Å². The summed E-state index contributed by atoms with van der Waals surface area (Å²) in [4.78, 5) is 18.2. The number of fused-ring (bicyclic) bond motifs is 1.